The molecule has 0 heterocycles. The number of hydrogen-bond donors (Lipinski definition) is 3. The molecule has 9 heteroatoms. The van der Waals surface area contributed by atoms with Crippen LogP contribution in [0.2, 0.25) is 0 Å². The van der Waals surface area contributed by atoms with E-state index < -0.39 is 32.9 Å². The Bertz CT molecular complexity index is 948. The fourth-order valence-electron chi connectivity index (χ4n) is 5.99. The summed E-state index contributed by atoms with van der Waals surface area (Å²) >= 11 is 0. The number of fused-ring (bicyclic) bond motifs is 1. The lowest BCUT2D eigenvalue weighted by Gasteiger charge is -2.50. The summed E-state index contributed by atoms with van der Waals surface area (Å²) in [6, 6.07) is 4.39. The molecule has 4 unspecified atom stereocenters. The quantitative estimate of drug-likeness (QED) is 0.468. The highest BCUT2D eigenvalue weighted by molar-refractivity contribution is 7.89. The van der Waals surface area contributed by atoms with Crippen molar-refractivity contribution >= 4 is 15.9 Å². The minimum absolute atomic E-state index is 0.0143. The smallest absolute Gasteiger partial charge is 0.240 e. The lowest BCUT2D eigenvalue weighted by atomic mass is 9.57. The maximum atomic E-state index is 13.3. The molecule has 33 heavy (non-hydrogen) atoms. The van der Waals surface area contributed by atoms with Crippen LogP contribution in [0.5, 0.6) is 0 Å². The Morgan fingerprint density at radius 3 is 2.48 bits per heavy atom. The second kappa shape index (κ2) is 9.60. The molecular formula is C24H37FN2O5S. The number of halogens is 1. The van der Waals surface area contributed by atoms with E-state index in [1.807, 2.05) is 6.92 Å². The van der Waals surface area contributed by atoms with E-state index in [1.165, 1.54) is 12.1 Å². The van der Waals surface area contributed by atoms with Crippen LogP contribution in [-0.4, -0.2) is 51.3 Å². The second-order valence-electron chi connectivity index (χ2n) is 10.7. The number of methoxy groups -OCH3 is 1. The number of aliphatic hydroxyl groups is 1. The summed E-state index contributed by atoms with van der Waals surface area (Å²) in [5.74, 6) is -0.551. The summed E-state index contributed by atoms with van der Waals surface area (Å²) in [7, 11) is -2.31. The molecule has 4 atom stereocenters. The molecule has 186 valence electrons. The van der Waals surface area contributed by atoms with Gasteiger partial charge in [-0.15, -0.1) is 0 Å². The van der Waals surface area contributed by atoms with Gasteiger partial charge in [-0.3, -0.25) is 4.79 Å². The molecule has 0 aromatic heterocycles. The van der Waals surface area contributed by atoms with Crippen LogP contribution < -0.4 is 10.0 Å². The van der Waals surface area contributed by atoms with Gasteiger partial charge in [0.2, 0.25) is 15.9 Å². The third-order valence-corrected chi connectivity index (χ3v) is 9.19. The predicted octanol–water partition coefficient (Wildman–Crippen LogP) is 2.98. The highest BCUT2D eigenvalue weighted by Crippen LogP contribution is 2.64. The fourth-order valence-corrected chi connectivity index (χ4v) is 7.32. The molecule has 0 radical (unpaired) electrons. The van der Waals surface area contributed by atoms with E-state index in [0.717, 1.165) is 12.1 Å². The normalized spacial score (nSPS) is 31.2. The first-order valence-corrected chi connectivity index (χ1v) is 13.1. The van der Waals surface area contributed by atoms with Crippen molar-refractivity contribution in [2.24, 2.45) is 16.7 Å². The minimum atomic E-state index is -3.88. The molecule has 0 aliphatic heterocycles. The molecule has 3 rings (SSSR count). The number of sulfonamides is 1. The molecule has 1 amide bonds. The molecule has 2 saturated carbocycles. The topological polar surface area (TPSA) is 105 Å². The van der Waals surface area contributed by atoms with Crippen molar-refractivity contribution in [3.05, 3.63) is 30.1 Å². The van der Waals surface area contributed by atoms with Crippen molar-refractivity contribution in [3.8, 4) is 0 Å². The summed E-state index contributed by atoms with van der Waals surface area (Å²) in [6.45, 7) is 6.90. The molecular weight excluding hydrogens is 447 g/mol. The van der Waals surface area contributed by atoms with Gasteiger partial charge in [-0.25, -0.2) is 17.5 Å². The van der Waals surface area contributed by atoms with Gasteiger partial charge in [0.25, 0.3) is 0 Å². The van der Waals surface area contributed by atoms with Gasteiger partial charge >= 0.3 is 0 Å². The van der Waals surface area contributed by atoms with Crippen LogP contribution in [0.1, 0.15) is 59.3 Å². The van der Waals surface area contributed by atoms with Crippen LogP contribution in [0.4, 0.5) is 4.39 Å². The predicted molar refractivity (Wildman–Crippen MR) is 123 cm³/mol. The third kappa shape index (κ3) is 5.75. The summed E-state index contributed by atoms with van der Waals surface area (Å²) in [5, 5.41) is 13.7. The van der Waals surface area contributed by atoms with E-state index >= 15 is 0 Å². The van der Waals surface area contributed by atoms with Gasteiger partial charge < -0.3 is 15.2 Å². The Balaban J connectivity index is 1.88. The number of carbonyl (C=O) groups excluding carboxylic acids is 1. The van der Waals surface area contributed by atoms with Crippen molar-refractivity contribution < 1.29 is 27.4 Å². The zero-order valence-electron chi connectivity index (χ0n) is 20.0. The maximum Gasteiger partial charge on any atom is 0.240 e. The molecule has 7 nitrogen and oxygen atoms in total. The SMILES string of the molecule is COCCNC(=O)CCC12CCC(C)(O)CC1C(C)(C)CC2NS(=O)(=O)c1ccc(F)cc1. The van der Waals surface area contributed by atoms with Crippen molar-refractivity contribution in [1.82, 2.24) is 10.0 Å². The number of carbonyl (C=O) groups is 1. The number of hydrogen-bond acceptors (Lipinski definition) is 5. The minimum Gasteiger partial charge on any atom is -0.390 e. The Morgan fingerprint density at radius 2 is 1.85 bits per heavy atom. The van der Waals surface area contributed by atoms with Gasteiger partial charge in [0.15, 0.2) is 0 Å². The Labute approximate surface area is 196 Å². The maximum absolute atomic E-state index is 13.3. The van der Waals surface area contributed by atoms with Crippen molar-refractivity contribution in [3.63, 3.8) is 0 Å². The lowest BCUT2D eigenvalue weighted by molar-refractivity contribution is -0.123. The summed E-state index contributed by atoms with van der Waals surface area (Å²) in [5.41, 5.74) is -1.51. The van der Waals surface area contributed by atoms with Gasteiger partial charge in [-0.05, 0) is 80.0 Å². The highest BCUT2D eigenvalue weighted by atomic mass is 32.2. The standard InChI is InChI=1S/C24H37FN2O5S/c1-22(2)16-20(27-33(30,31)18-7-5-17(25)6-8-18)24(10-9-21(28)26-13-14-32-4)12-11-23(3,29)15-19(22)24/h5-8,19-20,27,29H,9-16H2,1-4H3,(H,26,28). The second-order valence-corrected chi connectivity index (χ2v) is 12.4. The van der Waals surface area contributed by atoms with Crippen LogP contribution in [-0.2, 0) is 19.6 Å². The van der Waals surface area contributed by atoms with E-state index in [0.29, 0.717) is 45.3 Å². The number of benzene rings is 1. The number of nitrogens with one attached hydrogen (secondary N) is 2. The van der Waals surface area contributed by atoms with E-state index in [1.54, 1.807) is 7.11 Å². The molecule has 2 aliphatic carbocycles. The van der Waals surface area contributed by atoms with Gasteiger partial charge in [0.05, 0.1) is 17.1 Å². The summed E-state index contributed by atoms with van der Waals surface area (Å²) in [4.78, 5) is 12.5. The lowest BCUT2D eigenvalue weighted by Crippen LogP contribution is -2.52. The van der Waals surface area contributed by atoms with Crippen LogP contribution in [0.15, 0.2) is 29.2 Å². The first kappa shape index (κ1) is 26.1. The van der Waals surface area contributed by atoms with Gasteiger partial charge in [0, 0.05) is 26.1 Å². The molecule has 2 fully saturated rings. The Morgan fingerprint density at radius 1 is 1.18 bits per heavy atom. The molecule has 0 spiro atoms. The molecule has 2 aliphatic rings. The largest absolute Gasteiger partial charge is 0.390 e. The van der Waals surface area contributed by atoms with Gasteiger partial charge in [-0.2, -0.15) is 0 Å². The Hall–Kier alpha value is -1.55. The first-order valence-electron chi connectivity index (χ1n) is 11.6. The summed E-state index contributed by atoms with van der Waals surface area (Å²) in [6.07, 6.45) is 3.11. The summed E-state index contributed by atoms with van der Waals surface area (Å²) < 4.78 is 47.6. The van der Waals surface area contributed by atoms with E-state index in [2.05, 4.69) is 23.9 Å². The fraction of sp³-hybridized carbons (Fsp3) is 0.708. The van der Waals surface area contributed by atoms with E-state index in [-0.39, 0.29) is 28.6 Å². The molecule has 0 bridgehead atoms. The van der Waals surface area contributed by atoms with Crippen LogP contribution in [0, 0.1) is 22.6 Å². The van der Waals surface area contributed by atoms with Crippen LogP contribution >= 0.6 is 0 Å². The number of rotatable bonds is 9. The monoisotopic (exact) mass is 484 g/mol. The first-order chi connectivity index (χ1) is 15.3. The highest BCUT2D eigenvalue weighted by Gasteiger charge is 2.61. The number of ether oxygens (including phenoxy) is 1. The van der Waals surface area contributed by atoms with Gasteiger partial charge in [-0.1, -0.05) is 13.8 Å². The zero-order valence-corrected chi connectivity index (χ0v) is 20.8. The number of amides is 1. The van der Waals surface area contributed by atoms with Crippen LogP contribution in [0.3, 0.4) is 0 Å². The van der Waals surface area contributed by atoms with E-state index in [9.17, 15) is 22.7 Å². The van der Waals surface area contributed by atoms with Crippen molar-refractivity contribution in [2.45, 2.75) is 75.8 Å². The van der Waals surface area contributed by atoms with E-state index in [4.69, 9.17) is 4.74 Å². The Kier molecular flexibility index (Phi) is 7.58. The average Bonchev–Trinajstić information content (AvgIpc) is 2.92. The zero-order chi connectivity index (χ0) is 24.5. The van der Waals surface area contributed by atoms with Crippen LogP contribution in [0.25, 0.3) is 0 Å². The molecule has 0 saturated heterocycles. The van der Waals surface area contributed by atoms with Crippen molar-refractivity contribution in [2.75, 3.05) is 20.3 Å². The van der Waals surface area contributed by atoms with Crippen molar-refractivity contribution in [1.29, 1.82) is 0 Å². The third-order valence-electron chi connectivity index (χ3n) is 7.70. The molecule has 1 aromatic rings. The average molecular weight is 485 g/mol. The van der Waals surface area contributed by atoms with Gasteiger partial charge in [0.1, 0.15) is 5.82 Å². The molecule has 3 N–H and O–H groups in total. The molecule has 1 aromatic carbocycles.